The van der Waals surface area contributed by atoms with Gasteiger partial charge in [-0.3, -0.25) is 9.52 Å². The highest BCUT2D eigenvalue weighted by atomic mass is 32.2. The van der Waals surface area contributed by atoms with Gasteiger partial charge in [0.05, 0.1) is 22.9 Å². The molecule has 0 saturated heterocycles. The van der Waals surface area contributed by atoms with Crippen LogP contribution in [0.1, 0.15) is 19.4 Å². The third-order valence-corrected chi connectivity index (χ3v) is 5.46. The van der Waals surface area contributed by atoms with E-state index in [9.17, 15) is 18.0 Å². The summed E-state index contributed by atoms with van der Waals surface area (Å²) in [7, 11) is -4.01. The number of nitrogens with one attached hydrogen (secondary N) is 3. The van der Waals surface area contributed by atoms with Crippen LogP contribution in [0.5, 0.6) is 0 Å². The number of carbonyl (C=O) groups is 2. The van der Waals surface area contributed by atoms with Crippen molar-refractivity contribution in [3.05, 3.63) is 59.8 Å². The average Bonchev–Trinajstić information content (AvgIpc) is 2.70. The molecule has 0 saturated carbocycles. The van der Waals surface area contributed by atoms with Gasteiger partial charge >= 0.3 is 5.97 Å². The van der Waals surface area contributed by atoms with Crippen molar-refractivity contribution in [1.29, 1.82) is 5.26 Å². The molecule has 31 heavy (non-hydrogen) atoms. The fourth-order valence-corrected chi connectivity index (χ4v) is 3.92. The molecular formula is C21H22N4O5S. The van der Waals surface area contributed by atoms with Crippen molar-refractivity contribution in [3.63, 3.8) is 0 Å². The summed E-state index contributed by atoms with van der Waals surface area (Å²) in [5.41, 5.74) is 1.09. The van der Waals surface area contributed by atoms with Crippen LogP contribution in [0.2, 0.25) is 0 Å². The average molecular weight is 442 g/mol. The third kappa shape index (κ3) is 6.32. The maximum Gasteiger partial charge on any atom is 0.350 e. The van der Waals surface area contributed by atoms with E-state index in [1.807, 2.05) is 0 Å². The van der Waals surface area contributed by atoms with Crippen molar-refractivity contribution < 1.29 is 22.7 Å². The van der Waals surface area contributed by atoms with Crippen molar-refractivity contribution in [1.82, 2.24) is 0 Å². The highest BCUT2D eigenvalue weighted by Gasteiger charge is 2.19. The first-order valence-corrected chi connectivity index (χ1v) is 10.7. The van der Waals surface area contributed by atoms with Crippen LogP contribution in [0.15, 0.2) is 59.1 Å². The van der Waals surface area contributed by atoms with Crippen molar-refractivity contribution in [2.45, 2.75) is 25.7 Å². The van der Waals surface area contributed by atoms with Gasteiger partial charge in [-0.2, -0.15) is 5.26 Å². The van der Waals surface area contributed by atoms with Gasteiger partial charge in [0.2, 0.25) is 5.91 Å². The zero-order valence-corrected chi connectivity index (χ0v) is 18.0. The van der Waals surface area contributed by atoms with Gasteiger partial charge in [0.25, 0.3) is 10.0 Å². The van der Waals surface area contributed by atoms with Crippen LogP contribution in [0.3, 0.4) is 0 Å². The first-order valence-electron chi connectivity index (χ1n) is 9.22. The number of nitriles is 1. The molecule has 9 nitrogen and oxygen atoms in total. The lowest BCUT2D eigenvalue weighted by atomic mass is 10.2. The monoisotopic (exact) mass is 442 g/mol. The second-order valence-corrected chi connectivity index (χ2v) is 8.00. The van der Waals surface area contributed by atoms with Crippen LogP contribution >= 0.6 is 0 Å². The number of sulfonamides is 1. The second kappa shape index (κ2) is 10.3. The predicted octanol–water partition coefficient (Wildman–Crippen LogP) is 3.14. The number of esters is 1. The number of amides is 1. The second-order valence-electron chi connectivity index (χ2n) is 6.35. The topological polar surface area (TPSA) is 137 Å². The lowest BCUT2D eigenvalue weighted by molar-refractivity contribution is -0.138. The maximum atomic E-state index is 13.0. The summed E-state index contributed by atoms with van der Waals surface area (Å²) in [5.74, 6) is -1.11. The Kier molecular flexibility index (Phi) is 7.76. The fraction of sp³-hybridized carbons (Fsp3) is 0.190. The van der Waals surface area contributed by atoms with Crippen LogP contribution in [0.25, 0.3) is 0 Å². The molecular weight excluding hydrogens is 420 g/mol. The minimum atomic E-state index is -4.01. The van der Waals surface area contributed by atoms with Crippen LogP contribution in [0.4, 0.5) is 17.1 Å². The van der Waals surface area contributed by atoms with E-state index in [1.54, 1.807) is 50.2 Å². The van der Waals surface area contributed by atoms with Gasteiger partial charge in [-0.25, -0.2) is 13.2 Å². The third-order valence-electron chi connectivity index (χ3n) is 3.96. The normalized spacial score (nSPS) is 11.2. The van der Waals surface area contributed by atoms with Crippen LogP contribution in [-0.2, 0) is 24.3 Å². The van der Waals surface area contributed by atoms with Gasteiger partial charge in [0, 0.05) is 18.8 Å². The number of ether oxygens (including phenoxy) is 1. The number of aryl methyl sites for hydroxylation is 1. The molecule has 2 aromatic rings. The number of carbonyl (C=O) groups excluding carboxylic acids is 2. The molecule has 0 aromatic heterocycles. The number of hydrogen-bond donors (Lipinski definition) is 3. The summed E-state index contributed by atoms with van der Waals surface area (Å²) in [6, 6.07) is 12.7. The summed E-state index contributed by atoms with van der Waals surface area (Å²) in [4.78, 5) is 23.0. The zero-order valence-electron chi connectivity index (χ0n) is 17.2. The molecule has 0 heterocycles. The Labute approximate surface area is 180 Å². The highest BCUT2D eigenvalue weighted by molar-refractivity contribution is 7.92. The van der Waals surface area contributed by atoms with Crippen molar-refractivity contribution >= 4 is 39.0 Å². The van der Waals surface area contributed by atoms with E-state index in [4.69, 9.17) is 10.00 Å². The lowest BCUT2D eigenvalue weighted by Crippen LogP contribution is -2.16. The largest absolute Gasteiger partial charge is 0.462 e. The Balaban J connectivity index is 2.35. The highest BCUT2D eigenvalue weighted by Crippen LogP contribution is 2.27. The Morgan fingerprint density at radius 2 is 1.84 bits per heavy atom. The number of nitrogens with zero attached hydrogens (tertiary/aromatic N) is 1. The fourth-order valence-electron chi connectivity index (χ4n) is 2.56. The van der Waals surface area contributed by atoms with Gasteiger partial charge in [0.1, 0.15) is 6.07 Å². The number of rotatable bonds is 8. The molecule has 0 radical (unpaired) electrons. The molecule has 1 amide bonds. The number of anilines is 3. The molecule has 0 fully saturated rings. The summed E-state index contributed by atoms with van der Waals surface area (Å²) >= 11 is 0. The van der Waals surface area contributed by atoms with Crippen LogP contribution in [-0.4, -0.2) is 26.9 Å². The van der Waals surface area contributed by atoms with E-state index in [1.165, 1.54) is 19.1 Å². The number of para-hydroxylation sites is 2. The lowest BCUT2D eigenvalue weighted by Gasteiger charge is -2.15. The SMILES string of the molecule is CCOC(=O)/C(C#N)=C/Nc1ccccc1NS(=O)(=O)c1cc(NC(C)=O)ccc1C. The van der Waals surface area contributed by atoms with E-state index in [2.05, 4.69) is 15.4 Å². The first kappa shape index (κ1) is 23.4. The standard InChI is InChI=1S/C21H22N4O5S/c1-4-30-21(27)16(12-22)13-23-18-7-5-6-8-19(18)25-31(28,29)20-11-17(24-15(3)26)10-9-14(20)2/h5-11,13,23,25H,4H2,1-3H3,(H,24,26)/b16-13+. The van der Waals surface area contributed by atoms with E-state index in [-0.39, 0.29) is 28.7 Å². The minimum Gasteiger partial charge on any atom is -0.462 e. The molecule has 0 unspecified atom stereocenters. The molecule has 10 heteroatoms. The van der Waals surface area contributed by atoms with Crippen molar-refractivity contribution in [2.75, 3.05) is 22.0 Å². The smallest absolute Gasteiger partial charge is 0.350 e. The van der Waals surface area contributed by atoms with Gasteiger partial charge in [-0.1, -0.05) is 18.2 Å². The Morgan fingerprint density at radius 1 is 1.16 bits per heavy atom. The molecule has 0 aliphatic carbocycles. The molecule has 0 aliphatic rings. The quantitative estimate of drug-likeness (QED) is 0.324. The summed E-state index contributed by atoms with van der Waals surface area (Å²) in [6.07, 6.45) is 1.15. The maximum absolute atomic E-state index is 13.0. The molecule has 3 N–H and O–H groups in total. The zero-order chi connectivity index (χ0) is 23.0. The van der Waals surface area contributed by atoms with E-state index < -0.39 is 16.0 Å². The summed E-state index contributed by atoms with van der Waals surface area (Å²) in [6.45, 7) is 4.70. The molecule has 2 aromatic carbocycles. The van der Waals surface area contributed by atoms with Gasteiger partial charge in [-0.15, -0.1) is 0 Å². The number of benzene rings is 2. The van der Waals surface area contributed by atoms with Crippen molar-refractivity contribution in [2.24, 2.45) is 0 Å². The number of hydrogen-bond acceptors (Lipinski definition) is 7. The van der Waals surface area contributed by atoms with Crippen LogP contribution < -0.4 is 15.4 Å². The molecule has 0 spiro atoms. The first-order chi connectivity index (χ1) is 14.7. The molecule has 0 bridgehead atoms. The van der Waals surface area contributed by atoms with E-state index in [0.717, 1.165) is 6.20 Å². The van der Waals surface area contributed by atoms with Crippen LogP contribution in [0, 0.1) is 18.3 Å². The minimum absolute atomic E-state index is 0.00617. The summed E-state index contributed by atoms with van der Waals surface area (Å²) < 4.78 is 33.3. The molecule has 2 rings (SSSR count). The summed E-state index contributed by atoms with van der Waals surface area (Å²) in [5, 5.41) is 14.4. The van der Waals surface area contributed by atoms with E-state index >= 15 is 0 Å². The van der Waals surface area contributed by atoms with Gasteiger partial charge in [-0.05, 0) is 43.7 Å². The molecule has 0 aliphatic heterocycles. The Bertz CT molecular complexity index is 1170. The Hall–Kier alpha value is -3.84. The van der Waals surface area contributed by atoms with Crippen molar-refractivity contribution in [3.8, 4) is 6.07 Å². The predicted molar refractivity (Wildman–Crippen MR) is 117 cm³/mol. The molecule has 162 valence electrons. The molecule has 0 atom stereocenters. The van der Waals surface area contributed by atoms with Gasteiger partial charge < -0.3 is 15.4 Å². The van der Waals surface area contributed by atoms with Gasteiger partial charge in [0.15, 0.2) is 5.57 Å². The van der Waals surface area contributed by atoms with E-state index in [0.29, 0.717) is 16.9 Å². The Morgan fingerprint density at radius 3 is 2.45 bits per heavy atom.